The van der Waals surface area contributed by atoms with Gasteiger partial charge in [0, 0.05) is 5.75 Å². The highest BCUT2D eigenvalue weighted by Crippen LogP contribution is 2.32. The lowest BCUT2D eigenvalue weighted by molar-refractivity contribution is -0.00494. The van der Waals surface area contributed by atoms with Crippen LogP contribution in [0.5, 0.6) is 0 Å². The van der Waals surface area contributed by atoms with Gasteiger partial charge in [-0.05, 0) is 18.7 Å². The average Bonchev–Trinajstić information content (AvgIpc) is 3.09. The number of nitrogens with two attached hydrogens (primary N) is 3. The minimum Gasteiger partial charge on any atom is -0.389 e. The van der Waals surface area contributed by atoms with Crippen LogP contribution < -0.4 is 17.2 Å². The summed E-state index contributed by atoms with van der Waals surface area (Å²) in [5, 5.41) is 10.3. The second-order valence-electron chi connectivity index (χ2n) is 5.43. The predicted molar refractivity (Wildman–Crippen MR) is 88.6 cm³/mol. The van der Waals surface area contributed by atoms with Gasteiger partial charge in [-0.1, -0.05) is 0 Å². The lowest BCUT2D eigenvalue weighted by Gasteiger charge is -2.17. The molecule has 10 heteroatoms. The molecule has 0 aliphatic carbocycles. The van der Waals surface area contributed by atoms with E-state index in [9.17, 15) is 5.11 Å². The van der Waals surface area contributed by atoms with Crippen LogP contribution in [0.1, 0.15) is 12.6 Å². The second-order valence-corrected chi connectivity index (χ2v) is 6.58. The molecule has 0 amide bonds. The number of aliphatic hydroxyl groups excluding tert-OH is 1. The van der Waals surface area contributed by atoms with E-state index in [4.69, 9.17) is 21.9 Å². The van der Waals surface area contributed by atoms with Crippen molar-refractivity contribution in [2.45, 2.75) is 30.9 Å². The number of aliphatic hydroxyl groups is 1. The summed E-state index contributed by atoms with van der Waals surface area (Å²) in [6.07, 6.45) is 2.25. The van der Waals surface area contributed by atoms with Gasteiger partial charge in [-0.25, -0.2) is 15.0 Å². The van der Waals surface area contributed by atoms with E-state index >= 15 is 0 Å². The number of imidazole rings is 1. The van der Waals surface area contributed by atoms with E-state index in [1.807, 2.05) is 0 Å². The molecule has 1 fully saturated rings. The third-order valence-electron chi connectivity index (χ3n) is 3.85. The van der Waals surface area contributed by atoms with E-state index in [0.717, 1.165) is 12.2 Å². The van der Waals surface area contributed by atoms with Crippen molar-refractivity contribution in [3.63, 3.8) is 0 Å². The van der Waals surface area contributed by atoms with Crippen molar-refractivity contribution in [3.8, 4) is 0 Å². The molecule has 4 atom stereocenters. The van der Waals surface area contributed by atoms with Gasteiger partial charge < -0.3 is 27.0 Å². The summed E-state index contributed by atoms with van der Waals surface area (Å²) in [6.45, 7) is 0.658. The van der Waals surface area contributed by atoms with Gasteiger partial charge in [0.1, 0.15) is 17.9 Å². The Balaban J connectivity index is 1.76. The Kier molecular flexibility index (Phi) is 4.97. The Bertz CT molecular complexity index is 667. The fraction of sp³-hybridized carbons (Fsp3) is 0.615. The fourth-order valence-corrected chi connectivity index (χ4v) is 3.64. The number of aromatic nitrogens is 4. The number of hydrogen-bond acceptors (Lipinski definition) is 9. The third-order valence-corrected chi connectivity index (χ3v) is 5.00. The minimum atomic E-state index is -0.748. The zero-order valence-corrected chi connectivity index (χ0v) is 13.4. The van der Waals surface area contributed by atoms with Crippen LogP contribution in [0.15, 0.2) is 12.7 Å². The van der Waals surface area contributed by atoms with E-state index in [1.54, 1.807) is 22.7 Å². The summed E-state index contributed by atoms with van der Waals surface area (Å²) in [5.74, 6) is 1.89. The summed E-state index contributed by atoms with van der Waals surface area (Å²) in [6, 6.07) is -0.566. The Morgan fingerprint density at radius 3 is 2.96 bits per heavy atom. The molecule has 1 aliphatic rings. The molecule has 2 aromatic rings. The highest BCUT2D eigenvalue weighted by molar-refractivity contribution is 7.99. The van der Waals surface area contributed by atoms with E-state index in [-0.39, 0.29) is 6.10 Å². The molecule has 0 saturated carbocycles. The van der Waals surface area contributed by atoms with Crippen LogP contribution in [0.4, 0.5) is 5.82 Å². The minimum absolute atomic E-state index is 0.301. The maximum Gasteiger partial charge on any atom is 0.167 e. The van der Waals surface area contributed by atoms with E-state index in [2.05, 4.69) is 15.0 Å². The molecule has 3 rings (SSSR count). The number of hydrogen-bond donors (Lipinski definition) is 4. The number of nitrogen functional groups attached to an aromatic ring is 1. The highest BCUT2D eigenvalue weighted by atomic mass is 32.2. The van der Waals surface area contributed by atoms with Crippen molar-refractivity contribution < 1.29 is 9.84 Å². The lowest BCUT2D eigenvalue weighted by Crippen LogP contribution is -2.39. The Morgan fingerprint density at radius 1 is 1.35 bits per heavy atom. The van der Waals surface area contributed by atoms with Crippen molar-refractivity contribution in [3.05, 3.63) is 12.7 Å². The topological polar surface area (TPSA) is 151 Å². The van der Waals surface area contributed by atoms with Crippen molar-refractivity contribution in [1.29, 1.82) is 0 Å². The molecule has 0 unspecified atom stereocenters. The number of anilines is 1. The molecule has 2 aromatic heterocycles. The standard InChI is InChI=1S/C13H21N7O2S/c14-2-1-3-23-4-7-10(21)8(15)13(22-7)20-6-19-9-11(16)17-5-18-12(9)20/h5-8,10,13,21H,1-4,14-15H2,(H2,16,17,18)/t7-,8-,10-,13-/m1/s1. The molecule has 9 nitrogen and oxygen atoms in total. The smallest absolute Gasteiger partial charge is 0.167 e. The summed E-state index contributed by atoms with van der Waals surface area (Å²) in [4.78, 5) is 12.3. The van der Waals surface area contributed by atoms with Crippen molar-refractivity contribution in [2.75, 3.05) is 23.8 Å². The molecular weight excluding hydrogens is 318 g/mol. The largest absolute Gasteiger partial charge is 0.389 e. The van der Waals surface area contributed by atoms with Crippen LogP contribution in [0.25, 0.3) is 11.2 Å². The molecule has 1 aliphatic heterocycles. The molecule has 1 saturated heterocycles. The van der Waals surface area contributed by atoms with Crippen LogP contribution in [-0.4, -0.2) is 60.9 Å². The van der Waals surface area contributed by atoms with Crippen molar-refractivity contribution in [2.24, 2.45) is 11.5 Å². The first-order valence-electron chi connectivity index (χ1n) is 7.43. The van der Waals surface area contributed by atoms with Crippen molar-refractivity contribution in [1.82, 2.24) is 19.5 Å². The SMILES string of the molecule is NCCCSC[C@H]1O[C@@H](n2cnc3c(N)ncnc32)[C@H](N)[C@@H]1O. The molecule has 126 valence electrons. The number of nitrogens with zero attached hydrogens (tertiary/aromatic N) is 4. The predicted octanol–water partition coefficient (Wildman–Crippen LogP) is -0.924. The number of rotatable bonds is 6. The maximum atomic E-state index is 10.3. The van der Waals surface area contributed by atoms with Gasteiger partial charge in [0.25, 0.3) is 0 Å². The first-order valence-corrected chi connectivity index (χ1v) is 8.59. The van der Waals surface area contributed by atoms with Gasteiger partial charge in [0.2, 0.25) is 0 Å². The van der Waals surface area contributed by atoms with Crippen LogP contribution in [0, 0.1) is 0 Å². The lowest BCUT2D eigenvalue weighted by atomic mass is 10.1. The van der Waals surface area contributed by atoms with Crippen LogP contribution in [0.3, 0.4) is 0 Å². The summed E-state index contributed by atoms with van der Waals surface area (Å²) in [7, 11) is 0. The third kappa shape index (κ3) is 3.12. The second kappa shape index (κ2) is 6.97. The van der Waals surface area contributed by atoms with Gasteiger partial charge in [-0.2, -0.15) is 11.8 Å². The van der Waals surface area contributed by atoms with E-state index in [1.165, 1.54) is 6.33 Å². The van der Waals surface area contributed by atoms with E-state index in [0.29, 0.717) is 29.3 Å². The fourth-order valence-electron chi connectivity index (χ4n) is 2.60. The zero-order valence-electron chi connectivity index (χ0n) is 12.6. The van der Waals surface area contributed by atoms with Gasteiger partial charge in [0.15, 0.2) is 17.7 Å². The molecule has 0 aromatic carbocycles. The molecule has 0 radical (unpaired) electrons. The zero-order chi connectivity index (χ0) is 16.4. The number of ether oxygens (including phenoxy) is 1. The molecule has 23 heavy (non-hydrogen) atoms. The molecular formula is C13H21N7O2S. The Labute approximate surface area is 137 Å². The van der Waals surface area contributed by atoms with Gasteiger partial charge in [-0.3, -0.25) is 4.57 Å². The maximum absolute atomic E-state index is 10.3. The average molecular weight is 339 g/mol. The first kappa shape index (κ1) is 16.4. The highest BCUT2D eigenvalue weighted by Gasteiger charge is 2.42. The van der Waals surface area contributed by atoms with Gasteiger partial charge >= 0.3 is 0 Å². The molecule has 7 N–H and O–H groups in total. The first-order chi connectivity index (χ1) is 11.1. The van der Waals surface area contributed by atoms with E-state index < -0.39 is 18.4 Å². The monoisotopic (exact) mass is 339 g/mol. The van der Waals surface area contributed by atoms with Crippen LogP contribution in [0.2, 0.25) is 0 Å². The molecule has 0 spiro atoms. The molecule has 3 heterocycles. The van der Waals surface area contributed by atoms with Gasteiger partial charge in [0.05, 0.1) is 18.5 Å². The number of thioether (sulfide) groups is 1. The van der Waals surface area contributed by atoms with Crippen molar-refractivity contribution >= 4 is 28.7 Å². The van der Waals surface area contributed by atoms with Crippen LogP contribution >= 0.6 is 11.8 Å². The van der Waals surface area contributed by atoms with Crippen LogP contribution in [-0.2, 0) is 4.74 Å². The summed E-state index contributed by atoms with van der Waals surface area (Å²) in [5.41, 5.74) is 18.4. The van der Waals surface area contributed by atoms with Gasteiger partial charge in [-0.15, -0.1) is 0 Å². The quantitative estimate of drug-likeness (QED) is 0.489. The number of fused-ring (bicyclic) bond motifs is 1. The summed E-state index contributed by atoms with van der Waals surface area (Å²) >= 11 is 1.70. The summed E-state index contributed by atoms with van der Waals surface area (Å²) < 4.78 is 7.65. The normalized spacial score (nSPS) is 27.8. The molecule has 0 bridgehead atoms. The Morgan fingerprint density at radius 2 is 2.17 bits per heavy atom. The Hall–Kier alpha value is -1.46.